The van der Waals surface area contributed by atoms with Crippen molar-refractivity contribution in [2.24, 2.45) is 0 Å². The number of nitro groups is 1. The van der Waals surface area contributed by atoms with Crippen molar-refractivity contribution in [1.29, 1.82) is 0 Å². The van der Waals surface area contributed by atoms with E-state index in [1.807, 2.05) is 0 Å². The molecule has 0 fully saturated rings. The molecule has 0 radical (unpaired) electrons. The highest BCUT2D eigenvalue weighted by molar-refractivity contribution is 5.96. The number of nitrogens with zero attached hydrogens (tertiary/aromatic N) is 2. The van der Waals surface area contributed by atoms with Crippen molar-refractivity contribution in [3.8, 4) is 5.75 Å². The number of likely N-dealkylation sites (N-methyl/N-ethyl adjacent to an activating group) is 1. The van der Waals surface area contributed by atoms with Gasteiger partial charge in [-0.25, -0.2) is 4.79 Å². The van der Waals surface area contributed by atoms with Crippen LogP contribution in [0.1, 0.15) is 15.9 Å². The minimum atomic E-state index is -4.46. The molecular weight excluding hydrogens is 409 g/mol. The zero-order chi connectivity index (χ0) is 22.5. The summed E-state index contributed by atoms with van der Waals surface area (Å²) in [5.41, 5.74) is -0.867. The van der Waals surface area contributed by atoms with E-state index in [2.05, 4.69) is 4.74 Å². The van der Waals surface area contributed by atoms with Crippen LogP contribution in [0.4, 0.5) is 24.5 Å². The first-order chi connectivity index (χ1) is 14.0. The Morgan fingerprint density at radius 1 is 1.23 bits per heavy atom. The van der Waals surface area contributed by atoms with Crippen LogP contribution in [0.3, 0.4) is 0 Å². The van der Waals surface area contributed by atoms with Crippen molar-refractivity contribution in [2.45, 2.75) is 12.3 Å². The van der Waals surface area contributed by atoms with E-state index in [0.29, 0.717) is 5.69 Å². The topological polar surface area (TPSA) is 102 Å². The Bertz CT molecular complexity index is 902. The number of nitro benzene ring substituents is 1. The third-order valence-electron chi connectivity index (χ3n) is 4.12. The van der Waals surface area contributed by atoms with E-state index in [0.717, 1.165) is 37.4 Å². The lowest BCUT2D eigenvalue weighted by Gasteiger charge is -2.24. The molecule has 0 amide bonds. The quantitative estimate of drug-likeness (QED) is 0.391. The molecule has 0 aliphatic carbocycles. The molecule has 0 aliphatic heterocycles. The van der Waals surface area contributed by atoms with E-state index >= 15 is 0 Å². The SMILES string of the molecule is COC(=O)c1cc([N+](=O)[O-])ccc1N(C)C[C@H](O)COc1ccc(C(F)(F)F)cc1. The van der Waals surface area contributed by atoms with Gasteiger partial charge < -0.3 is 19.5 Å². The van der Waals surface area contributed by atoms with Crippen LogP contribution in [0.25, 0.3) is 0 Å². The molecule has 0 unspecified atom stereocenters. The molecule has 2 aromatic rings. The van der Waals surface area contributed by atoms with Gasteiger partial charge in [-0.05, 0) is 30.3 Å². The fourth-order valence-corrected chi connectivity index (χ4v) is 2.64. The van der Waals surface area contributed by atoms with E-state index in [1.165, 1.54) is 17.0 Å². The molecule has 2 aromatic carbocycles. The number of rotatable bonds is 8. The maximum atomic E-state index is 12.6. The van der Waals surface area contributed by atoms with Gasteiger partial charge in [-0.3, -0.25) is 10.1 Å². The fourth-order valence-electron chi connectivity index (χ4n) is 2.64. The summed E-state index contributed by atoms with van der Waals surface area (Å²) >= 11 is 0. The van der Waals surface area contributed by atoms with E-state index in [9.17, 15) is 33.2 Å². The minimum absolute atomic E-state index is 0.0254. The Morgan fingerprint density at radius 2 is 1.87 bits per heavy atom. The van der Waals surface area contributed by atoms with Crippen LogP contribution in [0.2, 0.25) is 0 Å². The fraction of sp³-hybridized carbons (Fsp3) is 0.316. The maximum absolute atomic E-state index is 12.6. The average molecular weight is 428 g/mol. The lowest BCUT2D eigenvalue weighted by atomic mass is 10.1. The zero-order valence-corrected chi connectivity index (χ0v) is 16.0. The van der Waals surface area contributed by atoms with Gasteiger partial charge in [-0.2, -0.15) is 13.2 Å². The molecule has 0 aliphatic rings. The van der Waals surface area contributed by atoms with Gasteiger partial charge in [0.1, 0.15) is 18.5 Å². The summed E-state index contributed by atoms with van der Waals surface area (Å²) < 4.78 is 47.6. The molecule has 8 nitrogen and oxygen atoms in total. The van der Waals surface area contributed by atoms with Gasteiger partial charge in [-0.15, -0.1) is 0 Å². The third kappa shape index (κ3) is 5.83. The summed E-state index contributed by atoms with van der Waals surface area (Å²) in [6.07, 6.45) is -5.53. The lowest BCUT2D eigenvalue weighted by molar-refractivity contribution is -0.384. The second kappa shape index (κ2) is 9.44. The van der Waals surface area contributed by atoms with E-state index in [4.69, 9.17) is 4.74 Å². The summed E-state index contributed by atoms with van der Waals surface area (Å²) in [7, 11) is 2.69. The first kappa shape index (κ1) is 22.9. The third-order valence-corrected chi connectivity index (χ3v) is 4.12. The van der Waals surface area contributed by atoms with Gasteiger partial charge in [0.2, 0.25) is 0 Å². The summed E-state index contributed by atoms with van der Waals surface area (Å²) in [6, 6.07) is 7.66. The lowest BCUT2D eigenvalue weighted by Crippen LogP contribution is -2.34. The molecule has 162 valence electrons. The van der Waals surface area contributed by atoms with Crippen molar-refractivity contribution < 1.29 is 37.5 Å². The van der Waals surface area contributed by atoms with Crippen molar-refractivity contribution in [3.05, 3.63) is 63.7 Å². The molecule has 0 saturated heterocycles. The number of hydrogen-bond donors (Lipinski definition) is 1. The highest BCUT2D eigenvalue weighted by Crippen LogP contribution is 2.30. The van der Waals surface area contributed by atoms with E-state index in [1.54, 1.807) is 7.05 Å². The number of aliphatic hydroxyl groups excluding tert-OH is 1. The molecule has 0 bridgehead atoms. The van der Waals surface area contributed by atoms with Gasteiger partial charge in [-0.1, -0.05) is 0 Å². The van der Waals surface area contributed by atoms with Crippen molar-refractivity contribution in [1.82, 2.24) is 0 Å². The number of aliphatic hydroxyl groups is 1. The maximum Gasteiger partial charge on any atom is 0.416 e. The van der Waals surface area contributed by atoms with Gasteiger partial charge in [0.15, 0.2) is 0 Å². The molecule has 0 heterocycles. The van der Waals surface area contributed by atoms with Crippen LogP contribution in [0.15, 0.2) is 42.5 Å². The van der Waals surface area contributed by atoms with Crippen LogP contribution < -0.4 is 9.64 Å². The summed E-state index contributed by atoms with van der Waals surface area (Å²) in [5.74, 6) is -0.633. The number of benzene rings is 2. The Labute approximate surface area is 169 Å². The summed E-state index contributed by atoms with van der Waals surface area (Å²) in [4.78, 5) is 23.7. The van der Waals surface area contributed by atoms with Gasteiger partial charge in [0.25, 0.3) is 5.69 Å². The second-order valence-corrected chi connectivity index (χ2v) is 6.32. The molecule has 0 spiro atoms. The Hall–Kier alpha value is -3.34. The first-order valence-corrected chi connectivity index (χ1v) is 8.59. The highest BCUT2D eigenvalue weighted by Gasteiger charge is 2.30. The molecule has 1 atom stereocenters. The van der Waals surface area contributed by atoms with Crippen LogP contribution in [-0.2, 0) is 10.9 Å². The smallest absolute Gasteiger partial charge is 0.416 e. The second-order valence-electron chi connectivity index (χ2n) is 6.32. The number of anilines is 1. The Balaban J connectivity index is 2.04. The van der Waals surface area contributed by atoms with Gasteiger partial charge >= 0.3 is 12.1 Å². The number of alkyl halides is 3. The number of non-ortho nitro benzene ring substituents is 1. The largest absolute Gasteiger partial charge is 0.491 e. The molecule has 1 N–H and O–H groups in total. The zero-order valence-electron chi connectivity index (χ0n) is 16.0. The molecule has 11 heteroatoms. The number of halogens is 3. The molecule has 0 saturated carbocycles. The highest BCUT2D eigenvalue weighted by atomic mass is 19.4. The first-order valence-electron chi connectivity index (χ1n) is 8.59. The number of carbonyl (C=O) groups excluding carboxylic acids is 1. The molecule has 30 heavy (non-hydrogen) atoms. The van der Waals surface area contributed by atoms with Crippen molar-refractivity contribution >= 4 is 17.3 Å². The Kier molecular flexibility index (Phi) is 7.22. The predicted octanol–water partition coefficient (Wildman–Crippen LogP) is 3.28. The van der Waals surface area contributed by atoms with Gasteiger partial charge in [0.05, 0.1) is 28.8 Å². The molecule has 2 rings (SSSR count). The standard InChI is InChI=1S/C19H19F3N2O6/c1-23(17-8-5-13(24(27)28)9-16(17)18(26)29-2)10-14(25)11-30-15-6-3-12(4-7-15)19(20,21)22/h3-9,14,25H,10-11H2,1-2H3/t14-/m0/s1. The van der Waals surface area contributed by atoms with Crippen LogP contribution in [0.5, 0.6) is 5.75 Å². The van der Waals surface area contributed by atoms with E-state index in [-0.39, 0.29) is 30.2 Å². The molecular formula is C19H19F3N2O6. The monoisotopic (exact) mass is 428 g/mol. The van der Waals surface area contributed by atoms with Crippen LogP contribution >= 0.6 is 0 Å². The van der Waals surface area contributed by atoms with Crippen LogP contribution in [0, 0.1) is 10.1 Å². The molecule has 0 aromatic heterocycles. The van der Waals surface area contributed by atoms with Gasteiger partial charge in [0, 0.05) is 25.7 Å². The van der Waals surface area contributed by atoms with Crippen molar-refractivity contribution in [3.63, 3.8) is 0 Å². The predicted molar refractivity (Wildman–Crippen MR) is 101 cm³/mol. The Morgan fingerprint density at radius 3 is 2.40 bits per heavy atom. The number of methoxy groups -OCH3 is 1. The number of carbonyl (C=O) groups is 1. The van der Waals surface area contributed by atoms with Crippen molar-refractivity contribution in [2.75, 3.05) is 32.2 Å². The average Bonchev–Trinajstić information content (AvgIpc) is 2.70. The normalized spacial score (nSPS) is 12.2. The van der Waals surface area contributed by atoms with E-state index < -0.39 is 28.7 Å². The van der Waals surface area contributed by atoms with Crippen LogP contribution in [-0.4, -0.2) is 49.4 Å². The number of ether oxygens (including phenoxy) is 2. The summed E-state index contributed by atoms with van der Waals surface area (Å²) in [6.45, 7) is -0.251. The number of hydrogen-bond acceptors (Lipinski definition) is 7. The number of esters is 1. The summed E-state index contributed by atoms with van der Waals surface area (Å²) in [5, 5.41) is 21.1. The minimum Gasteiger partial charge on any atom is -0.491 e.